The maximum absolute atomic E-state index is 12.5. The summed E-state index contributed by atoms with van der Waals surface area (Å²) in [5, 5.41) is 23.4. The van der Waals surface area contributed by atoms with Gasteiger partial charge in [-0.2, -0.15) is 0 Å². The number of ether oxygens (including phenoxy) is 1. The third kappa shape index (κ3) is 63.1. The van der Waals surface area contributed by atoms with E-state index in [1.54, 1.807) is 0 Å². The van der Waals surface area contributed by atoms with E-state index in [0.717, 1.165) is 51.4 Å². The predicted octanol–water partition coefficient (Wildman–Crippen LogP) is 22.3. The number of carbonyl (C=O) groups is 2. The van der Waals surface area contributed by atoms with Gasteiger partial charge in [0.2, 0.25) is 5.91 Å². The third-order valence-corrected chi connectivity index (χ3v) is 16.2. The highest BCUT2D eigenvalue weighted by Crippen LogP contribution is 2.18. The van der Waals surface area contributed by atoms with Crippen molar-refractivity contribution in [1.29, 1.82) is 0 Å². The molecule has 2 atom stereocenters. The Labute approximate surface area is 481 Å². The molecule has 6 heteroatoms. The van der Waals surface area contributed by atoms with Crippen LogP contribution < -0.4 is 5.32 Å². The van der Waals surface area contributed by atoms with Gasteiger partial charge in [0.05, 0.1) is 25.4 Å². The molecular formula is C71H135NO5. The van der Waals surface area contributed by atoms with E-state index in [1.165, 1.54) is 295 Å². The van der Waals surface area contributed by atoms with Gasteiger partial charge in [-0.1, -0.05) is 320 Å². The molecule has 0 aromatic rings. The second kappa shape index (κ2) is 66.6. The standard InChI is InChI=1S/C71H135NO5/c1-3-5-7-9-11-13-15-17-19-21-22-26-29-32-35-39-43-47-51-55-59-63-69(74)68(67-73)72-70(75)64-60-56-52-48-44-40-36-33-30-27-24-23-25-28-31-34-38-42-46-50-54-58-62-66-77-71(76)65-61-57-53-49-45-41-37-20-18-16-14-12-10-8-6-4-2/h14,16,20,27,30,37,68-69,73-74H,3-13,15,17-19,21-26,28-29,31-36,38-67H2,1-2H3,(H,72,75)/b16-14-,30-27-,37-20-. The zero-order valence-electron chi connectivity index (χ0n) is 52.0. The highest BCUT2D eigenvalue weighted by molar-refractivity contribution is 5.76. The fraction of sp³-hybridized carbons (Fsp3) is 0.887. The molecule has 0 aromatic carbocycles. The van der Waals surface area contributed by atoms with Crippen molar-refractivity contribution in [2.24, 2.45) is 0 Å². The summed E-state index contributed by atoms with van der Waals surface area (Å²) in [5.41, 5.74) is 0. The number of hydrogen-bond acceptors (Lipinski definition) is 5. The van der Waals surface area contributed by atoms with Crippen molar-refractivity contribution >= 4 is 11.9 Å². The number of amides is 1. The Balaban J connectivity index is 3.42. The minimum atomic E-state index is -0.670. The largest absolute Gasteiger partial charge is 0.466 e. The van der Waals surface area contributed by atoms with Crippen molar-refractivity contribution in [3.8, 4) is 0 Å². The number of esters is 1. The van der Waals surface area contributed by atoms with E-state index in [-0.39, 0.29) is 18.5 Å². The molecule has 0 aliphatic heterocycles. The lowest BCUT2D eigenvalue weighted by molar-refractivity contribution is -0.143. The Morgan fingerprint density at radius 3 is 1.01 bits per heavy atom. The van der Waals surface area contributed by atoms with Crippen LogP contribution in [0.25, 0.3) is 0 Å². The van der Waals surface area contributed by atoms with Crippen LogP contribution in [0.2, 0.25) is 0 Å². The lowest BCUT2D eigenvalue weighted by Gasteiger charge is -2.22. The fourth-order valence-electron chi connectivity index (χ4n) is 10.8. The quantitative estimate of drug-likeness (QED) is 0.0320. The van der Waals surface area contributed by atoms with Gasteiger partial charge in [-0.05, 0) is 83.5 Å². The number of carbonyl (C=O) groups excluding carboxylic acids is 2. The molecule has 0 heterocycles. The van der Waals surface area contributed by atoms with Crippen LogP contribution in [-0.2, 0) is 14.3 Å². The molecule has 0 saturated carbocycles. The molecule has 0 aliphatic carbocycles. The summed E-state index contributed by atoms with van der Waals surface area (Å²) in [7, 11) is 0. The van der Waals surface area contributed by atoms with Gasteiger partial charge >= 0.3 is 5.97 Å². The number of allylic oxidation sites excluding steroid dienone is 6. The van der Waals surface area contributed by atoms with Crippen LogP contribution >= 0.6 is 0 Å². The second-order valence-electron chi connectivity index (χ2n) is 23.9. The molecule has 2 unspecified atom stereocenters. The number of unbranched alkanes of at least 4 members (excludes halogenated alkanes) is 48. The van der Waals surface area contributed by atoms with Crippen molar-refractivity contribution in [1.82, 2.24) is 5.32 Å². The van der Waals surface area contributed by atoms with Gasteiger partial charge in [0.1, 0.15) is 0 Å². The Bertz CT molecular complexity index is 1250. The molecule has 0 aromatic heterocycles. The first-order valence-electron chi connectivity index (χ1n) is 34.7. The molecule has 0 rings (SSSR count). The van der Waals surface area contributed by atoms with Crippen molar-refractivity contribution in [3.05, 3.63) is 36.5 Å². The Hall–Kier alpha value is -1.92. The number of hydrogen-bond donors (Lipinski definition) is 3. The van der Waals surface area contributed by atoms with Crippen LogP contribution in [0.4, 0.5) is 0 Å². The van der Waals surface area contributed by atoms with Gasteiger partial charge in [-0.3, -0.25) is 9.59 Å². The summed E-state index contributed by atoms with van der Waals surface area (Å²) in [6.07, 6.45) is 84.6. The minimum absolute atomic E-state index is 0.00140. The van der Waals surface area contributed by atoms with Crippen LogP contribution in [0, 0.1) is 0 Å². The maximum atomic E-state index is 12.5. The molecule has 0 spiro atoms. The van der Waals surface area contributed by atoms with Gasteiger partial charge in [0.15, 0.2) is 0 Å². The van der Waals surface area contributed by atoms with E-state index >= 15 is 0 Å². The zero-order chi connectivity index (χ0) is 55.7. The van der Waals surface area contributed by atoms with E-state index in [0.29, 0.717) is 25.9 Å². The lowest BCUT2D eigenvalue weighted by Crippen LogP contribution is -2.45. The first-order valence-corrected chi connectivity index (χ1v) is 34.7. The Morgan fingerprint density at radius 1 is 0.364 bits per heavy atom. The summed E-state index contributed by atoms with van der Waals surface area (Å²) in [4.78, 5) is 24.6. The van der Waals surface area contributed by atoms with Crippen molar-refractivity contribution in [2.45, 2.75) is 392 Å². The molecule has 6 nitrogen and oxygen atoms in total. The molecule has 0 fully saturated rings. The van der Waals surface area contributed by atoms with Crippen LogP contribution in [0.1, 0.15) is 380 Å². The van der Waals surface area contributed by atoms with Crippen molar-refractivity contribution in [3.63, 3.8) is 0 Å². The molecule has 1 amide bonds. The number of rotatable bonds is 65. The Morgan fingerprint density at radius 2 is 0.649 bits per heavy atom. The van der Waals surface area contributed by atoms with Crippen molar-refractivity contribution < 1.29 is 24.5 Å². The van der Waals surface area contributed by atoms with Crippen molar-refractivity contribution in [2.75, 3.05) is 13.2 Å². The molecule has 0 aliphatic rings. The summed E-state index contributed by atoms with van der Waals surface area (Å²) < 4.78 is 5.49. The molecule has 3 N–H and O–H groups in total. The minimum Gasteiger partial charge on any atom is -0.466 e. The lowest BCUT2D eigenvalue weighted by atomic mass is 10.0. The van der Waals surface area contributed by atoms with E-state index in [4.69, 9.17) is 4.74 Å². The predicted molar refractivity (Wildman–Crippen MR) is 338 cm³/mol. The highest BCUT2D eigenvalue weighted by Gasteiger charge is 2.20. The molecule has 454 valence electrons. The second-order valence-corrected chi connectivity index (χ2v) is 23.9. The molecule has 0 saturated heterocycles. The van der Waals surface area contributed by atoms with Gasteiger partial charge < -0.3 is 20.3 Å². The summed E-state index contributed by atoms with van der Waals surface area (Å²) in [6.45, 7) is 4.96. The average Bonchev–Trinajstić information content (AvgIpc) is 3.43. The van der Waals surface area contributed by atoms with Crippen LogP contribution in [0.5, 0.6) is 0 Å². The summed E-state index contributed by atoms with van der Waals surface area (Å²) >= 11 is 0. The van der Waals surface area contributed by atoms with Crippen LogP contribution in [-0.4, -0.2) is 47.4 Å². The van der Waals surface area contributed by atoms with Gasteiger partial charge in [0.25, 0.3) is 0 Å². The maximum Gasteiger partial charge on any atom is 0.305 e. The number of aliphatic hydroxyl groups excluding tert-OH is 2. The van der Waals surface area contributed by atoms with E-state index < -0.39 is 12.1 Å². The van der Waals surface area contributed by atoms with Crippen LogP contribution in [0.15, 0.2) is 36.5 Å². The van der Waals surface area contributed by atoms with E-state index in [2.05, 4.69) is 55.6 Å². The first kappa shape index (κ1) is 75.1. The smallest absolute Gasteiger partial charge is 0.305 e. The molecule has 0 radical (unpaired) electrons. The molecule has 0 bridgehead atoms. The van der Waals surface area contributed by atoms with Crippen LogP contribution in [0.3, 0.4) is 0 Å². The van der Waals surface area contributed by atoms with E-state index in [9.17, 15) is 19.8 Å². The topological polar surface area (TPSA) is 95.9 Å². The highest BCUT2D eigenvalue weighted by atomic mass is 16.5. The average molecular weight is 1080 g/mol. The SMILES string of the molecule is CCCCCC/C=C\C/C=C\CCCCCCCC(=O)OCCCCCCCCCCCCCC/C=C\CCCCCCCCCC(=O)NC(CO)C(O)CCCCCCCCCCCCCCCCCCCCCCC. The molecule has 77 heavy (non-hydrogen) atoms. The van der Waals surface area contributed by atoms with Gasteiger partial charge in [-0.25, -0.2) is 0 Å². The summed E-state index contributed by atoms with van der Waals surface area (Å²) in [5.74, 6) is -0.0393. The van der Waals surface area contributed by atoms with Gasteiger partial charge in [-0.15, -0.1) is 0 Å². The third-order valence-electron chi connectivity index (χ3n) is 16.2. The zero-order valence-corrected chi connectivity index (χ0v) is 52.0. The first-order chi connectivity index (χ1) is 38.0. The Kier molecular flexibility index (Phi) is 64.9. The normalized spacial score (nSPS) is 12.7. The summed E-state index contributed by atoms with van der Waals surface area (Å²) in [6, 6.07) is -0.548. The molecular weight excluding hydrogens is 947 g/mol. The van der Waals surface area contributed by atoms with E-state index in [1.807, 2.05) is 0 Å². The number of aliphatic hydroxyl groups is 2. The number of nitrogens with one attached hydrogen (secondary N) is 1. The fourth-order valence-corrected chi connectivity index (χ4v) is 10.8. The monoisotopic (exact) mass is 1080 g/mol. The van der Waals surface area contributed by atoms with Gasteiger partial charge in [0, 0.05) is 12.8 Å².